The maximum atomic E-state index is 12.5. The third-order valence-electron chi connectivity index (χ3n) is 3.86. The Labute approximate surface area is 114 Å². The SMILES string of the molecule is O=S(=O)(c1ccccc1)N1CCC2CC=CC=C2C1. The Kier molecular flexibility index (Phi) is 3.29. The smallest absolute Gasteiger partial charge is 0.207 e. The second kappa shape index (κ2) is 4.94. The van der Waals surface area contributed by atoms with Crippen LogP contribution in [0, 0.1) is 5.92 Å². The zero-order chi connectivity index (χ0) is 13.3. The van der Waals surface area contributed by atoms with Crippen molar-refractivity contribution in [1.29, 1.82) is 0 Å². The number of fused-ring (bicyclic) bond motifs is 1. The van der Waals surface area contributed by atoms with E-state index in [1.165, 1.54) is 5.57 Å². The lowest BCUT2D eigenvalue weighted by molar-refractivity contribution is 0.339. The van der Waals surface area contributed by atoms with Gasteiger partial charge in [0, 0.05) is 13.1 Å². The van der Waals surface area contributed by atoms with Gasteiger partial charge in [-0.2, -0.15) is 4.31 Å². The summed E-state index contributed by atoms with van der Waals surface area (Å²) in [7, 11) is -3.34. The molecule has 1 fully saturated rings. The van der Waals surface area contributed by atoms with Crippen LogP contribution in [0.3, 0.4) is 0 Å². The van der Waals surface area contributed by atoms with Crippen molar-refractivity contribution >= 4 is 10.0 Å². The summed E-state index contributed by atoms with van der Waals surface area (Å²) in [5, 5.41) is 0. The molecule has 0 spiro atoms. The van der Waals surface area contributed by atoms with Crippen molar-refractivity contribution in [3.8, 4) is 0 Å². The number of benzene rings is 1. The Hall–Kier alpha value is -1.39. The van der Waals surface area contributed by atoms with E-state index in [0.29, 0.717) is 23.9 Å². The highest BCUT2D eigenvalue weighted by atomic mass is 32.2. The van der Waals surface area contributed by atoms with Crippen molar-refractivity contribution < 1.29 is 8.42 Å². The normalized spacial score (nSPS) is 23.8. The highest BCUT2D eigenvalue weighted by Crippen LogP contribution is 2.31. The molecule has 0 N–H and O–H groups in total. The van der Waals surface area contributed by atoms with E-state index in [-0.39, 0.29) is 0 Å². The summed E-state index contributed by atoms with van der Waals surface area (Å²) in [6, 6.07) is 8.69. The Balaban J connectivity index is 1.87. The summed E-state index contributed by atoms with van der Waals surface area (Å²) >= 11 is 0. The maximum Gasteiger partial charge on any atom is 0.243 e. The van der Waals surface area contributed by atoms with Gasteiger partial charge in [-0.3, -0.25) is 0 Å². The molecule has 1 atom stereocenters. The molecule has 0 saturated carbocycles. The Bertz CT molecular complexity index is 617. The van der Waals surface area contributed by atoms with Crippen LogP contribution in [-0.2, 0) is 10.0 Å². The van der Waals surface area contributed by atoms with E-state index in [9.17, 15) is 8.42 Å². The zero-order valence-electron chi connectivity index (χ0n) is 10.7. The van der Waals surface area contributed by atoms with Crippen LogP contribution < -0.4 is 0 Å². The fourth-order valence-electron chi connectivity index (χ4n) is 2.74. The van der Waals surface area contributed by atoms with Gasteiger partial charge >= 0.3 is 0 Å². The van der Waals surface area contributed by atoms with Crippen LogP contribution in [0.1, 0.15) is 12.8 Å². The summed E-state index contributed by atoms with van der Waals surface area (Å²) in [5.74, 6) is 0.534. The molecule has 0 bridgehead atoms. The molecule has 1 aliphatic carbocycles. The number of hydrogen-bond acceptors (Lipinski definition) is 2. The second-order valence-corrected chi connectivity index (χ2v) is 6.98. The molecular formula is C15H17NO2S. The van der Waals surface area contributed by atoms with Gasteiger partial charge in [0.2, 0.25) is 10.0 Å². The third-order valence-corrected chi connectivity index (χ3v) is 5.72. The van der Waals surface area contributed by atoms with Gasteiger partial charge in [0.1, 0.15) is 0 Å². The summed E-state index contributed by atoms with van der Waals surface area (Å²) in [4.78, 5) is 0.389. The van der Waals surface area contributed by atoms with Crippen molar-refractivity contribution in [2.45, 2.75) is 17.7 Å². The minimum atomic E-state index is -3.34. The van der Waals surface area contributed by atoms with Crippen LogP contribution in [0.2, 0.25) is 0 Å². The topological polar surface area (TPSA) is 37.4 Å². The molecule has 1 saturated heterocycles. The van der Waals surface area contributed by atoms with Crippen LogP contribution in [0.5, 0.6) is 0 Å². The van der Waals surface area contributed by atoms with E-state index in [0.717, 1.165) is 12.8 Å². The molecule has 1 aromatic carbocycles. The van der Waals surface area contributed by atoms with Crippen molar-refractivity contribution in [1.82, 2.24) is 4.31 Å². The van der Waals surface area contributed by atoms with Gasteiger partial charge in [0.15, 0.2) is 0 Å². The lowest BCUT2D eigenvalue weighted by atomic mass is 9.86. The first-order valence-electron chi connectivity index (χ1n) is 6.59. The fraction of sp³-hybridized carbons (Fsp3) is 0.333. The Morgan fingerprint density at radius 1 is 1.16 bits per heavy atom. The predicted molar refractivity (Wildman–Crippen MR) is 75.1 cm³/mol. The van der Waals surface area contributed by atoms with E-state index >= 15 is 0 Å². The predicted octanol–water partition coefficient (Wildman–Crippen LogP) is 2.58. The average molecular weight is 275 g/mol. The van der Waals surface area contributed by atoms with E-state index in [4.69, 9.17) is 0 Å². The monoisotopic (exact) mass is 275 g/mol. The average Bonchev–Trinajstić information content (AvgIpc) is 2.47. The number of piperidine rings is 1. The number of sulfonamides is 1. The number of allylic oxidation sites excluding steroid dienone is 3. The van der Waals surface area contributed by atoms with Crippen LogP contribution in [0.4, 0.5) is 0 Å². The molecule has 3 rings (SSSR count). The molecule has 100 valence electrons. The first kappa shape index (κ1) is 12.6. The fourth-order valence-corrected chi connectivity index (χ4v) is 4.20. The molecule has 4 heteroatoms. The molecule has 1 aromatic rings. The lowest BCUT2D eigenvalue weighted by Gasteiger charge is -2.34. The number of rotatable bonds is 2. The highest BCUT2D eigenvalue weighted by Gasteiger charge is 2.31. The third kappa shape index (κ3) is 2.38. The van der Waals surface area contributed by atoms with Crippen molar-refractivity contribution in [2.75, 3.05) is 13.1 Å². The minimum Gasteiger partial charge on any atom is -0.207 e. The number of hydrogen-bond donors (Lipinski definition) is 0. The van der Waals surface area contributed by atoms with Crippen molar-refractivity contribution in [3.63, 3.8) is 0 Å². The van der Waals surface area contributed by atoms with E-state index in [1.54, 1.807) is 28.6 Å². The first-order chi connectivity index (χ1) is 9.18. The standard InChI is InChI=1S/C15H17NO2S/c17-19(18,15-8-2-1-3-9-15)16-11-10-13-6-4-5-7-14(13)12-16/h1-5,7-9,13H,6,10-12H2. The van der Waals surface area contributed by atoms with Crippen LogP contribution in [-0.4, -0.2) is 25.8 Å². The summed E-state index contributed by atoms with van der Waals surface area (Å²) in [5.41, 5.74) is 1.24. The molecule has 2 aliphatic rings. The van der Waals surface area contributed by atoms with Crippen LogP contribution in [0.25, 0.3) is 0 Å². The van der Waals surface area contributed by atoms with Crippen molar-refractivity contribution in [2.24, 2.45) is 5.92 Å². The number of nitrogens with zero attached hydrogens (tertiary/aromatic N) is 1. The maximum absolute atomic E-state index is 12.5. The van der Waals surface area contributed by atoms with Gasteiger partial charge in [-0.1, -0.05) is 42.0 Å². The minimum absolute atomic E-state index is 0.389. The van der Waals surface area contributed by atoms with Gasteiger partial charge in [0.05, 0.1) is 4.90 Å². The lowest BCUT2D eigenvalue weighted by Crippen LogP contribution is -2.40. The van der Waals surface area contributed by atoms with Crippen LogP contribution >= 0.6 is 0 Å². The van der Waals surface area contributed by atoms with Gasteiger partial charge in [-0.15, -0.1) is 0 Å². The summed E-state index contributed by atoms with van der Waals surface area (Å²) < 4.78 is 26.7. The van der Waals surface area contributed by atoms with E-state index in [2.05, 4.69) is 12.2 Å². The molecule has 1 unspecified atom stereocenters. The quantitative estimate of drug-likeness (QED) is 0.832. The molecule has 1 heterocycles. The molecule has 19 heavy (non-hydrogen) atoms. The zero-order valence-corrected chi connectivity index (χ0v) is 11.5. The summed E-state index contributed by atoms with van der Waals surface area (Å²) in [6.45, 7) is 1.15. The second-order valence-electron chi connectivity index (χ2n) is 5.04. The Morgan fingerprint density at radius 3 is 2.74 bits per heavy atom. The highest BCUT2D eigenvalue weighted by molar-refractivity contribution is 7.89. The van der Waals surface area contributed by atoms with Gasteiger partial charge in [0.25, 0.3) is 0 Å². The molecule has 0 aromatic heterocycles. The van der Waals surface area contributed by atoms with Gasteiger partial charge in [-0.25, -0.2) is 8.42 Å². The molecule has 0 radical (unpaired) electrons. The van der Waals surface area contributed by atoms with E-state index < -0.39 is 10.0 Å². The molecule has 1 aliphatic heterocycles. The molecule has 3 nitrogen and oxygen atoms in total. The molecule has 0 amide bonds. The van der Waals surface area contributed by atoms with Gasteiger partial charge < -0.3 is 0 Å². The van der Waals surface area contributed by atoms with Gasteiger partial charge in [-0.05, 0) is 30.9 Å². The van der Waals surface area contributed by atoms with E-state index in [1.807, 2.05) is 12.1 Å². The largest absolute Gasteiger partial charge is 0.243 e. The van der Waals surface area contributed by atoms with Crippen LogP contribution in [0.15, 0.2) is 59.0 Å². The van der Waals surface area contributed by atoms with Crippen molar-refractivity contribution in [3.05, 3.63) is 54.1 Å². The molecular weight excluding hydrogens is 258 g/mol. The first-order valence-corrected chi connectivity index (χ1v) is 8.03. The summed E-state index contributed by atoms with van der Waals surface area (Å²) in [6.07, 6.45) is 8.23. The Morgan fingerprint density at radius 2 is 1.95 bits per heavy atom.